The maximum absolute atomic E-state index is 11.4. The van der Waals surface area contributed by atoms with Gasteiger partial charge < -0.3 is 30.9 Å². The first-order valence-corrected chi connectivity index (χ1v) is 6.89. The van der Waals surface area contributed by atoms with E-state index in [0.29, 0.717) is 11.2 Å². The predicted octanol–water partition coefficient (Wildman–Crippen LogP) is -3.11. The lowest BCUT2D eigenvalue weighted by atomic mass is 9.96. The van der Waals surface area contributed by atoms with Gasteiger partial charge in [-0.2, -0.15) is 0 Å². The number of aromatic nitrogens is 4. The molecule has 0 radical (unpaired) electrons. The van der Waals surface area contributed by atoms with Crippen molar-refractivity contribution in [1.82, 2.24) is 19.1 Å². The Morgan fingerprint density at radius 2 is 1.56 bits per heavy atom. The van der Waals surface area contributed by atoms with E-state index in [-0.39, 0.29) is 16.7 Å². The van der Waals surface area contributed by atoms with E-state index in [1.54, 1.807) is 7.05 Å². The second-order valence-electron chi connectivity index (χ2n) is 5.28. The van der Waals surface area contributed by atoms with Crippen LogP contribution < -0.4 is 11.2 Å². The number of aliphatic carboxylic acids is 3. The average molecular weight is 390 g/mol. The van der Waals surface area contributed by atoms with Crippen molar-refractivity contribution in [1.29, 1.82) is 0 Å². The molecule has 0 aliphatic carbocycles. The molecular formula is C13H18N4O10. The van der Waals surface area contributed by atoms with Crippen LogP contribution in [0.15, 0.2) is 15.9 Å². The van der Waals surface area contributed by atoms with Crippen LogP contribution in [0.1, 0.15) is 12.8 Å². The van der Waals surface area contributed by atoms with E-state index in [4.69, 9.17) is 20.4 Å². The van der Waals surface area contributed by atoms with E-state index in [0.717, 1.165) is 4.57 Å². The summed E-state index contributed by atoms with van der Waals surface area (Å²) in [5.74, 6) is -5.02. The third-order valence-electron chi connectivity index (χ3n) is 3.31. The quantitative estimate of drug-likeness (QED) is 0.344. The number of aryl methyl sites for hydroxylation is 1. The normalized spacial score (nSPS) is 10.5. The van der Waals surface area contributed by atoms with Gasteiger partial charge in [-0.3, -0.25) is 23.5 Å². The minimum atomic E-state index is -2.74. The molecule has 0 saturated heterocycles. The summed E-state index contributed by atoms with van der Waals surface area (Å²) in [6.45, 7) is 0. The lowest BCUT2D eigenvalue weighted by Gasteiger charge is -2.18. The minimum Gasteiger partial charge on any atom is -0.481 e. The van der Waals surface area contributed by atoms with Crippen LogP contribution in [0.4, 0.5) is 0 Å². The molecule has 0 aliphatic rings. The summed E-state index contributed by atoms with van der Waals surface area (Å²) in [6, 6.07) is 0. The van der Waals surface area contributed by atoms with Crippen LogP contribution in [-0.2, 0) is 28.5 Å². The number of carboxylic acids is 3. The van der Waals surface area contributed by atoms with Crippen LogP contribution in [0, 0.1) is 0 Å². The Bertz CT molecular complexity index is 954. The molecule has 0 spiro atoms. The topological polar surface area (TPSA) is 236 Å². The van der Waals surface area contributed by atoms with E-state index in [1.165, 1.54) is 17.9 Å². The summed E-state index contributed by atoms with van der Waals surface area (Å²) in [6.07, 6.45) is -0.894. The summed E-state index contributed by atoms with van der Waals surface area (Å²) in [5, 5.41) is 33.8. The lowest BCUT2D eigenvalue weighted by molar-refractivity contribution is -0.170. The third kappa shape index (κ3) is 5.23. The molecule has 0 unspecified atom stereocenters. The van der Waals surface area contributed by atoms with Gasteiger partial charge >= 0.3 is 23.6 Å². The van der Waals surface area contributed by atoms with E-state index in [9.17, 15) is 24.0 Å². The van der Waals surface area contributed by atoms with Crippen molar-refractivity contribution < 1.29 is 40.3 Å². The lowest BCUT2D eigenvalue weighted by Crippen LogP contribution is -2.42. The molecule has 0 fully saturated rings. The number of aromatic amines is 1. The summed E-state index contributed by atoms with van der Waals surface area (Å²) >= 11 is 0. The van der Waals surface area contributed by atoms with E-state index < -0.39 is 36.4 Å². The highest BCUT2D eigenvalue weighted by Crippen LogP contribution is 2.15. The Hall–Kier alpha value is -3.52. The summed E-state index contributed by atoms with van der Waals surface area (Å²) in [7, 11) is 3.01. The number of fused-ring (bicyclic) bond motifs is 1. The molecule has 14 heteroatoms. The van der Waals surface area contributed by atoms with Crippen LogP contribution in [0.2, 0.25) is 0 Å². The van der Waals surface area contributed by atoms with Crippen LogP contribution >= 0.6 is 0 Å². The molecule has 2 rings (SSSR count). The zero-order valence-corrected chi connectivity index (χ0v) is 14.2. The summed E-state index contributed by atoms with van der Waals surface area (Å²) in [4.78, 5) is 59.9. The predicted molar refractivity (Wildman–Crippen MR) is 87.3 cm³/mol. The van der Waals surface area contributed by atoms with Crippen molar-refractivity contribution in [2.24, 2.45) is 14.1 Å². The smallest absolute Gasteiger partial charge is 0.336 e. The number of imidazole rings is 1. The monoisotopic (exact) mass is 390 g/mol. The van der Waals surface area contributed by atoms with Gasteiger partial charge in [-0.25, -0.2) is 14.6 Å². The number of rotatable bonds is 5. The standard InChI is InChI=1S/C7H8N4O2.C6H8O7.H2O/c1-10-5-4(8-3-9-5)6(12)11(2)7(10)13;7-3(8)1-6(13,5(11)12)2-4(9)10;/h3H,1-2H3,(H,8,9);13H,1-2H2,(H,7,8)(H,9,10)(H,11,12);1H2. The first-order valence-electron chi connectivity index (χ1n) is 6.89. The van der Waals surface area contributed by atoms with Crippen molar-refractivity contribution in [2.75, 3.05) is 0 Å². The van der Waals surface area contributed by atoms with Gasteiger partial charge in [-0.05, 0) is 0 Å². The molecule has 2 aromatic heterocycles. The van der Waals surface area contributed by atoms with Crippen molar-refractivity contribution in [3.05, 3.63) is 27.2 Å². The molecule has 27 heavy (non-hydrogen) atoms. The van der Waals surface area contributed by atoms with Gasteiger partial charge in [0.25, 0.3) is 5.56 Å². The molecule has 0 aliphatic heterocycles. The first-order chi connectivity index (χ1) is 11.9. The van der Waals surface area contributed by atoms with Gasteiger partial charge in [-0.15, -0.1) is 0 Å². The Balaban J connectivity index is 0.000000483. The van der Waals surface area contributed by atoms with E-state index in [1.807, 2.05) is 0 Å². The number of carbonyl (C=O) groups is 3. The highest BCUT2D eigenvalue weighted by molar-refractivity contribution is 5.88. The van der Waals surface area contributed by atoms with Crippen molar-refractivity contribution >= 4 is 29.1 Å². The van der Waals surface area contributed by atoms with E-state index in [2.05, 4.69) is 9.97 Å². The molecule has 14 nitrogen and oxygen atoms in total. The van der Waals surface area contributed by atoms with Crippen molar-refractivity contribution in [2.45, 2.75) is 18.4 Å². The van der Waals surface area contributed by atoms with Crippen molar-refractivity contribution in [3.63, 3.8) is 0 Å². The molecule has 0 aromatic carbocycles. The largest absolute Gasteiger partial charge is 0.481 e. The molecule has 0 saturated carbocycles. The number of hydrogen-bond acceptors (Lipinski definition) is 7. The van der Waals surface area contributed by atoms with Gasteiger partial charge in [0.2, 0.25) is 0 Å². The molecule has 7 N–H and O–H groups in total. The fourth-order valence-electron chi connectivity index (χ4n) is 1.98. The number of hydrogen-bond donors (Lipinski definition) is 5. The van der Waals surface area contributed by atoms with Crippen LogP contribution in [0.3, 0.4) is 0 Å². The molecule has 150 valence electrons. The van der Waals surface area contributed by atoms with Gasteiger partial charge in [0.1, 0.15) is 5.52 Å². The molecule has 2 aromatic rings. The van der Waals surface area contributed by atoms with Gasteiger partial charge in [-0.1, -0.05) is 0 Å². The van der Waals surface area contributed by atoms with E-state index >= 15 is 0 Å². The number of nitrogens with one attached hydrogen (secondary N) is 1. The Kier molecular flexibility index (Phi) is 7.59. The first kappa shape index (κ1) is 23.5. The van der Waals surface area contributed by atoms with Gasteiger partial charge in [0.05, 0.1) is 19.2 Å². The number of nitrogens with zero attached hydrogens (tertiary/aromatic N) is 3. The third-order valence-corrected chi connectivity index (χ3v) is 3.31. The van der Waals surface area contributed by atoms with Crippen molar-refractivity contribution in [3.8, 4) is 0 Å². The fraction of sp³-hybridized carbons (Fsp3) is 0.385. The summed E-state index contributed by atoms with van der Waals surface area (Å²) in [5.41, 5.74) is -2.73. The SMILES string of the molecule is Cn1c(=O)c2[nH]cnc2n(C)c1=O.O.O=C(O)CC(O)(CC(=O)O)C(=O)O. The van der Waals surface area contributed by atoms with Crippen LogP contribution in [0.25, 0.3) is 11.2 Å². The molecule has 0 amide bonds. The van der Waals surface area contributed by atoms with Crippen LogP contribution in [-0.4, -0.2) is 68.5 Å². The maximum Gasteiger partial charge on any atom is 0.336 e. The second kappa shape index (κ2) is 8.72. The Labute approximate surface area is 149 Å². The fourth-order valence-corrected chi connectivity index (χ4v) is 1.98. The summed E-state index contributed by atoms with van der Waals surface area (Å²) < 4.78 is 2.37. The molecule has 2 heterocycles. The highest BCUT2D eigenvalue weighted by atomic mass is 16.4. The Morgan fingerprint density at radius 1 is 1.07 bits per heavy atom. The minimum absolute atomic E-state index is 0. The number of carboxylic acid groups (broad SMARTS) is 3. The number of H-pyrrole nitrogens is 1. The van der Waals surface area contributed by atoms with Gasteiger partial charge in [0.15, 0.2) is 11.2 Å². The molecular weight excluding hydrogens is 372 g/mol. The average Bonchev–Trinajstić information content (AvgIpc) is 2.99. The highest BCUT2D eigenvalue weighted by Gasteiger charge is 2.40. The zero-order chi connectivity index (χ0) is 20.2. The zero-order valence-electron chi connectivity index (χ0n) is 14.2. The second-order valence-corrected chi connectivity index (χ2v) is 5.28. The van der Waals surface area contributed by atoms with Crippen LogP contribution in [0.5, 0.6) is 0 Å². The molecule has 0 atom stereocenters. The maximum atomic E-state index is 11.4. The number of aliphatic hydroxyl groups is 1. The molecule has 0 bridgehead atoms. The van der Waals surface area contributed by atoms with Gasteiger partial charge in [0, 0.05) is 14.1 Å². The Morgan fingerprint density at radius 3 is 1.96 bits per heavy atom.